The molecule has 0 unspecified atom stereocenters. The summed E-state index contributed by atoms with van der Waals surface area (Å²) in [6.45, 7) is 1.11. The molecule has 0 bridgehead atoms. The third-order valence-corrected chi connectivity index (χ3v) is 2.02. The Morgan fingerprint density at radius 1 is 1.18 bits per heavy atom. The fourth-order valence-electron chi connectivity index (χ4n) is 1.16. The van der Waals surface area contributed by atoms with Gasteiger partial charge in [0, 0.05) is 13.2 Å². The number of rotatable bonds is 7. The van der Waals surface area contributed by atoms with Crippen molar-refractivity contribution in [3.63, 3.8) is 0 Å². The Labute approximate surface area is 100 Å². The first-order chi connectivity index (χ1) is 8.31. The number of nitrogens with zero attached hydrogens (tertiary/aromatic N) is 1. The molecule has 1 aromatic carbocycles. The molecule has 0 atom stereocenters. The van der Waals surface area contributed by atoms with Crippen LogP contribution in [0.2, 0.25) is 0 Å². The number of methoxy groups -OCH3 is 2. The molecule has 1 rings (SSSR count). The predicted molar refractivity (Wildman–Crippen MR) is 61.0 cm³/mol. The van der Waals surface area contributed by atoms with E-state index in [1.165, 1.54) is 7.11 Å². The van der Waals surface area contributed by atoms with Crippen molar-refractivity contribution in [1.29, 1.82) is 5.26 Å². The molecule has 0 aliphatic heterocycles. The molecule has 0 saturated heterocycles. The Morgan fingerprint density at radius 2 is 2.00 bits per heavy atom. The van der Waals surface area contributed by atoms with E-state index in [1.807, 2.05) is 6.07 Å². The van der Waals surface area contributed by atoms with Crippen LogP contribution < -0.4 is 9.47 Å². The van der Waals surface area contributed by atoms with E-state index in [2.05, 4.69) is 0 Å². The van der Waals surface area contributed by atoms with Crippen LogP contribution in [-0.2, 0) is 9.47 Å². The highest BCUT2D eigenvalue weighted by Gasteiger charge is 2.05. The molecular weight excluding hydrogens is 222 g/mol. The van der Waals surface area contributed by atoms with Gasteiger partial charge in [-0.2, -0.15) is 5.26 Å². The van der Waals surface area contributed by atoms with Gasteiger partial charge in [-0.05, 0) is 12.1 Å². The topological polar surface area (TPSA) is 60.7 Å². The van der Waals surface area contributed by atoms with Crippen molar-refractivity contribution in [2.45, 2.75) is 0 Å². The van der Waals surface area contributed by atoms with Crippen molar-refractivity contribution in [3.8, 4) is 17.6 Å². The quantitative estimate of drug-likeness (QED) is 0.532. The van der Waals surface area contributed by atoms with E-state index in [9.17, 15) is 0 Å². The maximum absolute atomic E-state index is 8.74. The molecule has 0 aliphatic rings. The van der Waals surface area contributed by atoms with Gasteiger partial charge in [0.1, 0.15) is 0 Å². The minimum Gasteiger partial charge on any atom is -0.493 e. The van der Waals surface area contributed by atoms with E-state index in [0.717, 1.165) is 0 Å². The molecule has 5 nitrogen and oxygen atoms in total. The summed E-state index contributed by atoms with van der Waals surface area (Å²) < 4.78 is 20.5. The molecule has 0 N–H and O–H groups in total. The van der Waals surface area contributed by atoms with E-state index in [-0.39, 0.29) is 6.79 Å². The van der Waals surface area contributed by atoms with Crippen LogP contribution in [0.5, 0.6) is 11.5 Å². The van der Waals surface area contributed by atoms with Gasteiger partial charge in [-0.15, -0.1) is 0 Å². The predicted octanol–water partition coefficient (Wildman–Crippen LogP) is 1.57. The van der Waals surface area contributed by atoms with Crippen LogP contribution in [0.4, 0.5) is 0 Å². The monoisotopic (exact) mass is 237 g/mol. The normalized spacial score (nSPS) is 9.71. The van der Waals surface area contributed by atoms with E-state index >= 15 is 0 Å². The number of nitriles is 1. The smallest absolute Gasteiger partial charge is 0.189 e. The zero-order chi connectivity index (χ0) is 12.5. The summed E-state index contributed by atoms with van der Waals surface area (Å²) in [5.74, 6) is 1.06. The standard InChI is InChI=1S/C12H15NO4/c1-14-5-6-16-9-17-11-4-3-10(8-13)7-12(11)15-2/h3-4,7H,5-6,9H2,1-2H3. The summed E-state index contributed by atoms with van der Waals surface area (Å²) in [7, 11) is 3.13. The number of hydrogen-bond donors (Lipinski definition) is 0. The third-order valence-electron chi connectivity index (χ3n) is 2.02. The molecule has 0 fully saturated rings. The van der Waals surface area contributed by atoms with Crippen molar-refractivity contribution in [3.05, 3.63) is 23.8 Å². The molecule has 0 spiro atoms. The highest BCUT2D eigenvalue weighted by atomic mass is 16.7. The van der Waals surface area contributed by atoms with Crippen LogP contribution in [0, 0.1) is 11.3 Å². The number of hydrogen-bond acceptors (Lipinski definition) is 5. The summed E-state index contributed by atoms with van der Waals surface area (Å²) in [5, 5.41) is 8.74. The lowest BCUT2D eigenvalue weighted by Crippen LogP contribution is -2.08. The van der Waals surface area contributed by atoms with Crippen molar-refractivity contribution in [1.82, 2.24) is 0 Å². The highest BCUT2D eigenvalue weighted by molar-refractivity contribution is 5.46. The molecule has 5 heteroatoms. The lowest BCUT2D eigenvalue weighted by molar-refractivity contribution is -0.00945. The Balaban J connectivity index is 2.50. The van der Waals surface area contributed by atoms with Gasteiger partial charge in [0.25, 0.3) is 0 Å². The SMILES string of the molecule is COCCOCOc1ccc(C#N)cc1OC. The Morgan fingerprint density at radius 3 is 2.65 bits per heavy atom. The second kappa shape index (κ2) is 7.49. The van der Waals surface area contributed by atoms with Crippen LogP contribution in [0.1, 0.15) is 5.56 Å². The van der Waals surface area contributed by atoms with E-state index in [0.29, 0.717) is 30.3 Å². The third kappa shape index (κ3) is 4.31. The van der Waals surface area contributed by atoms with Crippen LogP contribution in [0.3, 0.4) is 0 Å². The lowest BCUT2D eigenvalue weighted by Gasteiger charge is -2.10. The average molecular weight is 237 g/mol. The number of ether oxygens (including phenoxy) is 4. The molecule has 0 heterocycles. The van der Waals surface area contributed by atoms with Gasteiger partial charge in [-0.25, -0.2) is 0 Å². The second-order valence-corrected chi connectivity index (χ2v) is 3.14. The second-order valence-electron chi connectivity index (χ2n) is 3.14. The van der Waals surface area contributed by atoms with E-state index in [1.54, 1.807) is 25.3 Å². The molecule has 17 heavy (non-hydrogen) atoms. The van der Waals surface area contributed by atoms with Crippen LogP contribution in [0.25, 0.3) is 0 Å². The first-order valence-corrected chi connectivity index (χ1v) is 5.09. The van der Waals surface area contributed by atoms with E-state index in [4.69, 9.17) is 24.2 Å². The first kappa shape index (κ1) is 13.3. The lowest BCUT2D eigenvalue weighted by atomic mass is 10.2. The highest BCUT2D eigenvalue weighted by Crippen LogP contribution is 2.27. The maximum atomic E-state index is 8.74. The Bertz CT molecular complexity index is 387. The Hall–Kier alpha value is -1.77. The van der Waals surface area contributed by atoms with Gasteiger partial charge in [-0.1, -0.05) is 0 Å². The molecule has 0 aromatic heterocycles. The van der Waals surface area contributed by atoms with E-state index < -0.39 is 0 Å². The minimum atomic E-state index is 0.117. The molecule has 1 aromatic rings. The summed E-state index contributed by atoms with van der Waals surface area (Å²) in [5.41, 5.74) is 0.523. The first-order valence-electron chi connectivity index (χ1n) is 5.09. The molecular formula is C12H15NO4. The molecule has 0 amide bonds. The average Bonchev–Trinajstić information content (AvgIpc) is 2.38. The van der Waals surface area contributed by atoms with Crippen molar-refractivity contribution in [2.24, 2.45) is 0 Å². The largest absolute Gasteiger partial charge is 0.493 e. The van der Waals surface area contributed by atoms with Crippen LogP contribution in [0.15, 0.2) is 18.2 Å². The van der Waals surface area contributed by atoms with Gasteiger partial charge in [0.2, 0.25) is 0 Å². The van der Waals surface area contributed by atoms with Gasteiger partial charge in [0.15, 0.2) is 18.3 Å². The summed E-state index contributed by atoms with van der Waals surface area (Å²) in [6, 6.07) is 6.98. The maximum Gasteiger partial charge on any atom is 0.189 e. The molecule has 92 valence electrons. The Kier molecular flexibility index (Phi) is 5.86. The van der Waals surface area contributed by atoms with Gasteiger partial charge in [0.05, 0.1) is 32.0 Å². The van der Waals surface area contributed by atoms with Gasteiger partial charge >= 0.3 is 0 Å². The van der Waals surface area contributed by atoms with Gasteiger partial charge in [-0.3, -0.25) is 0 Å². The zero-order valence-electron chi connectivity index (χ0n) is 9.93. The van der Waals surface area contributed by atoms with Crippen molar-refractivity contribution < 1.29 is 18.9 Å². The molecule has 0 saturated carbocycles. The van der Waals surface area contributed by atoms with Crippen molar-refractivity contribution >= 4 is 0 Å². The summed E-state index contributed by atoms with van der Waals surface area (Å²) in [4.78, 5) is 0. The molecule has 0 radical (unpaired) electrons. The summed E-state index contributed by atoms with van der Waals surface area (Å²) in [6.07, 6.45) is 0. The van der Waals surface area contributed by atoms with Crippen LogP contribution in [-0.4, -0.2) is 34.2 Å². The zero-order valence-corrected chi connectivity index (χ0v) is 9.93. The summed E-state index contributed by atoms with van der Waals surface area (Å²) >= 11 is 0. The molecule has 0 aliphatic carbocycles. The minimum absolute atomic E-state index is 0.117. The van der Waals surface area contributed by atoms with Gasteiger partial charge < -0.3 is 18.9 Å². The van der Waals surface area contributed by atoms with Crippen molar-refractivity contribution in [2.75, 3.05) is 34.2 Å². The van der Waals surface area contributed by atoms with Crippen LogP contribution >= 0.6 is 0 Å². The fraction of sp³-hybridized carbons (Fsp3) is 0.417. The fourth-order valence-corrected chi connectivity index (χ4v) is 1.16. The number of benzene rings is 1.